The summed E-state index contributed by atoms with van der Waals surface area (Å²) in [5.74, 6) is 0.484. The summed E-state index contributed by atoms with van der Waals surface area (Å²) in [6.07, 6.45) is -0.165. The van der Waals surface area contributed by atoms with E-state index in [0.29, 0.717) is 18.8 Å². The van der Waals surface area contributed by atoms with Crippen LogP contribution in [0.2, 0.25) is 0 Å². The van der Waals surface area contributed by atoms with Gasteiger partial charge in [-0.3, -0.25) is 9.13 Å². The quantitative estimate of drug-likeness (QED) is 0.586. The lowest BCUT2D eigenvalue weighted by molar-refractivity contribution is 0.172. The second-order valence-corrected chi connectivity index (χ2v) is 10.5. The van der Waals surface area contributed by atoms with Gasteiger partial charge in [0.2, 0.25) is 0 Å². The minimum Gasteiger partial charge on any atom is -0.324 e. The first-order valence-electron chi connectivity index (χ1n) is 7.99. The maximum absolute atomic E-state index is 12.9. The lowest BCUT2D eigenvalue weighted by Crippen LogP contribution is -2.08. The summed E-state index contributed by atoms with van der Waals surface area (Å²) in [4.78, 5) is 18.0. The average Bonchev–Trinajstić information content (AvgIpc) is 2.44. The molecule has 0 fully saturated rings. The van der Waals surface area contributed by atoms with Crippen LogP contribution in [-0.4, -0.2) is 23.0 Å². The van der Waals surface area contributed by atoms with Gasteiger partial charge in [-0.1, -0.05) is 52.0 Å². The normalized spacial score (nSPS) is 13.0. The van der Waals surface area contributed by atoms with Crippen LogP contribution in [0.15, 0.2) is 24.3 Å². The van der Waals surface area contributed by atoms with Crippen molar-refractivity contribution >= 4 is 15.2 Å². The molecule has 0 aromatic heterocycles. The van der Waals surface area contributed by atoms with Gasteiger partial charge in [0.15, 0.2) is 0 Å². The number of hydrogen-bond acceptors (Lipinski definition) is 4. The van der Waals surface area contributed by atoms with Gasteiger partial charge in [-0.15, -0.1) is 0 Å². The minimum absolute atomic E-state index is 0.141. The molecule has 0 aliphatic rings. The van der Waals surface area contributed by atoms with E-state index in [1.54, 1.807) is 24.3 Å². The maximum atomic E-state index is 12.9. The summed E-state index contributed by atoms with van der Waals surface area (Å²) in [6.45, 7) is 8.61. The largest absolute Gasteiger partial charge is 0.335 e. The van der Waals surface area contributed by atoms with Crippen LogP contribution in [0.5, 0.6) is 0 Å². The lowest BCUT2D eigenvalue weighted by Gasteiger charge is -2.21. The maximum Gasteiger partial charge on any atom is 0.335 e. The van der Waals surface area contributed by atoms with Gasteiger partial charge in [-0.2, -0.15) is 0 Å². The smallest absolute Gasteiger partial charge is 0.324 e. The van der Waals surface area contributed by atoms with Crippen molar-refractivity contribution in [3.8, 4) is 0 Å². The van der Waals surface area contributed by atoms with Gasteiger partial charge in [0.05, 0.1) is 25.5 Å². The van der Waals surface area contributed by atoms with E-state index in [4.69, 9.17) is 18.8 Å². The van der Waals surface area contributed by atoms with E-state index >= 15 is 0 Å². The molecule has 0 aliphatic carbocycles. The Kier molecular flexibility index (Phi) is 8.34. The van der Waals surface area contributed by atoms with Crippen molar-refractivity contribution in [2.45, 2.75) is 40.0 Å². The molecule has 0 heterocycles. The van der Waals surface area contributed by atoms with Crippen molar-refractivity contribution < 1.29 is 28.0 Å². The van der Waals surface area contributed by atoms with Crippen molar-refractivity contribution in [1.29, 1.82) is 0 Å². The summed E-state index contributed by atoms with van der Waals surface area (Å²) in [6, 6.07) is 6.66. The van der Waals surface area contributed by atoms with E-state index in [1.165, 1.54) is 0 Å². The van der Waals surface area contributed by atoms with E-state index in [1.807, 2.05) is 27.7 Å². The molecule has 8 heteroatoms. The summed E-state index contributed by atoms with van der Waals surface area (Å²) >= 11 is 0. The summed E-state index contributed by atoms with van der Waals surface area (Å²) in [5.41, 5.74) is 1.29. The molecule has 138 valence electrons. The van der Waals surface area contributed by atoms with Crippen molar-refractivity contribution in [1.82, 2.24) is 0 Å². The van der Waals surface area contributed by atoms with Crippen LogP contribution in [0.4, 0.5) is 0 Å². The Morgan fingerprint density at radius 2 is 1.21 bits per heavy atom. The predicted octanol–water partition coefficient (Wildman–Crippen LogP) is 4.40. The van der Waals surface area contributed by atoms with Crippen LogP contribution in [-0.2, 0) is 30.5 Å². The summed E-state index contributed by atoms with van der Waals surface area (Å²) in [7, 11) is -7.35. The second kappa shape index (κ2) is 9.28. The Morgan fingerprint density at radius 1 is 0.833 bits per heavy atom. The molecule has 0 bridgehead atoms. The molecule has 24 heavy (non-hydrogen) atoms. The Morgan fingerprint density at radius 3 is 1.54 bits per heavy atom. The molecule has 0 atom stereocenters. The van der Waals surface area contributed by atoms with Crippen LogP contribution in [0.1, 0.15) is 38.8 Å². The van der Waals surface area contributed by atoms with Crippen LogP contribution in [0.25, 0.3) is 0 Å². The van der Waals surface area contributed by atoms with Gasteiger partial charge in [0.25, 0.3) is 0 Å². The topological polar surface area (TPSA) is 93.1 Å². The first-order valence-corrected chi connectivity index (χ1v) is 11.5. The number of rotatable bonds is 10. The Labute approximate surface area is 144 Å². The third-order valence-electron chi connectivity index (χ3n) is 3.00. The van der Waals surface area contributed by atoms with E-state index in [2.05, 4.69) is 0 Å². The summed E-state index contributed by atoms with van der Waals surface area (Å²) < 4.78 is 35.1. The average molecular weight is 378 g/mol. The van der Waals surface area contributed by atoms with E-state index in [0.717, 1.165) is 5.56 Å². The van der Waals surface area contributed by atoms with Crippen LogP contribution in [0, 0.1) is 11.8 Å². The zero-order valence-corrected chi connectivity index (χ0v) is 16.5. The van der Waals surface area contributed by atoms with Crippen LogP contribution in [0.3, 0.4) is 0 Å². The molecule has 0 saturated carbocycles. The third-order valence-corrected chi connectivity index (χ3v) is 5.61. The highest BCUT2D eigenvalue weighted by Gasteiger charge is 2.26. The molecule has 0 spiro atoms. The molecule has 0 saturated heterocycles. The fourth-order valence-corrected chi connectivity index (χ4v) is 4.52. The molecule has 2 N–H and O–H groups in total. The van der Waals surface area contributed by atoms with Gasteiger partial charge < -0.3 is 18.8 Å². The zero-order chi connectivity index (χ0) is 18.4. The van der Waals surface area contributed by atoms with Crippen molar-refractivity contribution in [2.75, 3.05) is 13.2 Å². The third kappa shape index (κ3) is 9.12. The SMILES string of the molecule is CC(C)COP(=O)(Cc1ccc(CP(=O)(O)O)cc1)OCC(C)C. The molecule has 0 aliphatic heterocycles. The highest BCUT2D eigenvalue weighted by Crippen LogP contribution is 2.52. The molecule has 0 amide bonds. The second-order valence-electron chi connectivity index (χ2n) is 6.79. The van der Waals surface area contributed by atoms with Gasteiger partial charge in [-0.05, 0) is 23.0 Å². The molecule has 1 aromatic carbocycles. The minimum atomic E-state index is -4.09. The van der Waals surface area contributed by atoms with Crippen molar-refractivity contribution in [3.63, 3.8) is 0 Å². The molecule has 1 rings (SSSR count). The molecule has 6 nitrogen and oxygen atoms in total. The highest BCUT2D eigenvalue weighted by molar-refractivity contribution is 7.53. The molecule has 0 unspecified atom stereocenters. The van der Waals surface area contributed by atoms with E-state index in [-0.39, 0.29) is 24.2 Å². The standard InChI is InChI=1S/C16H28O6P2/c1-13(2)9-21-24(20,22-10-14(3)4)12-16-7-5-15(6-8-16)11-23(17,18)19/h5-8,13-14H,9-12H2,1-4H3,(H2,17,18,19). The van der Waals surface area contributed by atoms with Gasteiger partial charge >= 0.3 is 15.2 Å². The van der Waals surface area contributed by atoms with E-state index in [9.17, 15) is 9.13 Å². The molecule has 1 aromatic rings. The van der Waals surface area contributed by atoms with Gasteiger partial charge in [-0.25, -0.2) is 0 Å². The Bertz CT molecular complexity index is 575. The first-order chi connectivity index (χ1) is 11.0. The molecular weight excluding hydrogens is 350 g/mol. The Balaban J connectivity index is 2.81. The zero-order valence-electron chi connectivity index (χ0n) is 14.7. The fraction of sp³-hybridized carbons (Fsp3) is 0.625. The van der Waals surface area contributed by atoms with Gasteiger partial charge in [0.1, 0.15) is 0 Å². The highest BCUT2D eigenvalue weighted by atomic mass is 31.2. The van der Waals surface area contributed by atoms with Crippen molar-refractivity contribution in [2.24, 2.45) is 11.8 Å². The monoisotopic (exact) mass is 378 g/mol. The van der Waals surface area contributed by atoms with Crippen LogP contribution < -0.4 is 0 Å². The fourth-order valence-electron chi connectivity index (χ4n) is 1.87. The van der Waals surface area contributed by atoms with E-state index < -0.39 is 15.2 Å². The predicted molar refractivity (Wildman–Crippen MR) is 95.1 cm³/mol. The lowest BCUT2D eigenvalue weighted by atomic mass is 10.2. The first kappa shape index (κ1) is 21.6. The number of hydrogen-bond donors (Lipinski definition) is 2. The van der Waals surface area contributed by atoms with Crippen molar-refractivity contribution in [3.05, 3.63) is 35.4 Å². The summed E-state index contributed by atoms with van der Waals surface area (Å²) in [5, 5.41) is 0. The number of benzene rings is 1. The van der Waals surface area contributed by atoms with Gasteiger partial charge in [0, 0.05) is 0 Å². The van der Waals surface area contributed by atoms with Crippen LogP contribution >= 0.6 is 15.2 Å². The molecular formula is C16H28O6P2. The Hall–Kier alpha value is -0.480. The molecule has 0 radical (unpaired) electrons.